The van der Waals surface area contributed by atoms with E-state index in [4.69, 9.17) is 0 Å². The molecular formula is C8H13NS. The molecule has 0 radical (unpaired) electrons. The molecule has 0 fully saturated rings. The molecule has 0 aliphatic rings. The third-order valence-electron chi connectivity index (χ3n) is 1.63. The molecule has 1 aromatic rings. The predicted octanol–water partition coefficient (Wildman–Crippen LogP) is 2.59. The maximum atomic E-state index is 2.27. The lowest BCUT2D eigenvalue weighted by atomic mass is 10.3. The molecule has 0 saturated carbocycles. The predicted molar refractivity (Wildman–Crippen MR) is 47.9 cm³/mol. The number of nitrogens with zero attached hydrogens (tertiary/aromatic N) is 1. The van der Waals surface area contributed by atoms with Gasteiger partial charge in [-0.05, 0) is 31.4 Å². The number of thiophene rings is 1. The van der Waals surface area contributed by atoms with Gasteiger partial charge < -0.3 is 4.90 Å². The van der Waals surface area contributed by atoms with Crippen molar-refractivity contribution in [2.75, 3.05) is 11.9 Å². The highest BCUT2D eigenvalue weighted by atomic mass is 32.1. The average Bonchev–Trinajstić information content (AvgIpc) is 2.36. The summed E-state index contributed by atoms with van der Waals surface area (Å²) in [7, 11) is 2.12. The fourth-order valence-electron chi connectivity index (χ4n) is 0.725. The van der Waals surface area contributed by atoms with E-state index in [2.05, 4.69) is 43.3 Å². The zero-order chi connectivity index (χ0) is 7.56. The van der Waals surface area contributed by atoms with Crippen LogP contribution in [0.15, 0.2) is 17.5 Å². The number of anilines is 1. The highest BCUT2D eigenvalue weighted by Crippen LogP contribution is 2.20. The fourth-order valence-corrected chi connectivity index (χ4v) is 1.56. The van der Waals surface area contributed by atoms with E-state index in [0.717, 1.165) is 0 Å². The first-order chi connectivity index (χ1) is 4.72. The smallest absolute Gasteiger partial charge is 0.0908 e. The molecule has 0 amide bonds. The molecule has 0 unspecified atom stereocenters. The summed E-state index contributed by atoms with van der Waals surface area (Å²) in [4.78, 5) is 2.27. The third-order valence-corrected chi connectivity index (χ3v) is 2.59. The highest BCUT2D eigenvalue weighted by Gasteiger charge is 2.03. The Hall–Kier alpha value is -0.500. The molecule has 0 aliphatic heterocycles. The van der Waals surface area contributed by atoms with Gasteiger partial charge in [0, 0.05) is 13.1 Å². The van der Waals surface area contributed by atoms with Crippen LogP contribution in [-0.4, -0.2) is 13.1 Å². The molecule has 0 spiro atoms. The second kappa shape index (κ2) is 3.06. The highest BCUT2D eigenvalue weighted by molar-refractivity contribution is 7.14. The summed E-state index contributed by atoms with van der Waals surface area (Å²) in [5, 5.41) is 3.45. The van der Waals surface area contributed by atoms with Crippen LogP contribution in [0.4, 0.5) is 5.00 Å². The van der Waals surface area contributed by atoms with Crippen molar-refractivity contribution >= 4 is 16.3 Å². The van der Waals surface area contributed by atoms with Crippen LogP contribution in [-0.2, 0) is 0 Å². The third kappa shape index (κ3) is 1.51. The molecule has 0 saturated heterocycles. The van der Waals surface area contributed by atoms with Gasteiger partial charge in [-0.25, -0.2) is 0 Å². The second-order valence-corrected chi connectivity index (χ2v) is 3.58. The number of hydrogen-bond donors (Lipinski definition) is 0. The van der Waals surface area contributed by atoms with Crippen molar-refractivity contribution in [1.82, 2.24) is 0 Å². The van der Waals surface area contributed by atoms with Crippen molar-refractivity contribution in [2.24, 2.45) is 0 Å². The summed E-state index contributed by atoms with van der Waals surface area (Å²) in [6.07, 6.45) is 0. The molecule has 0 bridgehead atoms. The summed E-state index contributed by atoms with van der Waals surface area (Å²) in [5.41, 5.74) is 0. The number of hydrogen-bond acceptors (Lipinski definition) is 2. The molecule has 1 rings (SSSR count). The van der Waals surface area contributed by atoms with Gasteiger partial charge in [-0.3, -0.25) is 0 Å². The summed E-state index contributed by atoms with van der Waals surface area (Å²) >= 11 is 1.79. The standard InChI is InChI=1S/C8H13NS/c1-7(2)9(3)8-5-4-6-10-8/h4-7H,1-3H3. The molecular weight excluding hydrogens is 142 g/mol. The minimum absolute atomic E-state index is 0.596. The van der Waals surface area contributed by atoms with Crippen LogP contribution >= 0.6 is 11.3 Å². The monoisotopic (exact) mass is 155 g/mol. The average molecular weight is 155 g/mol. The fraction of sp³-hybridized carbons (Fsp3) is 0.500. The van der Waals surface area contributed by atoms with E-state index in [1.165, 1.54) is 5.00 Å². The largest absolute Gasteiger partial charge is 0.364 e. The normalized spacial score (nSPS) is 10.4. The van der Waals surface area contributed by atoms with E-state index in [9.17, 15) is 0 Å². The summed E-state index contributed by atoms with van der Waals surface area (Å²) in [6.45, 7) is 4.39. The zero-order valence-corrected chi connectivity index (χ0v) is 7.48. The van der Waals surface area contributed by atoms with Crippen molar-refractivity contribution in [2.45, 2.75) is 19.9 Å². The summed E-state index contributed by atoms with van der Waals surface area (Å²) in [5.74, 6) is 0. The molecule has 0 atom stereocenters. The quantitative estimate of drug-likeness (QED) is 0.634. The van der Waals surface area contributed by atoms with Gasteiger partial charge in [-0.1, -0.05) is 0 Å². The van der Waals surface area contributed by atoms with E-state index in [-0.39, 0.29) is 0 Å². The maximum absolute atomic E-state index is 2.27. The van der Waals surface area contributed by atoms with E-state index < -0.39 is 0 Å². The lowest BCUT2D eigenvalue weighted by Gasteiger charge is -2.21. The van der Waals surface area contributed by atoms with Crippen LogP contribution in [0.25, 0.3) is 0 Å². The first-order valence-corrected chi connectivity index (χ1v) is 4.36. The Morgan fingerprint density at radius 2 is 2.20 bits per heavy atom. The lowest BCUT2D eigenvalue weighted by Crippen LogP contribution is -2.24. The van der Waals surface area contributed by atoms with Crippen LogP contribution in [0.1, 0.15) is 13.8 Å². The van der Waals surface area contributed by atoms with E-state index >= 15 is 0 Å². The van der Waals surface area contributed by atoms with Gasteiger partial charge in [0.25, 0.3) is 0 Å². The van der Waals surface area contributed by atoms with Gasteiger partial charge in [0.2, 0.25) is 0 Å². The van der Waals surface area contributed by atoms with E-state index in [1.807, 2.05) is 0 Å². The van der Waals surface area contributed by atoms with Gasteiger partial charge in [-0.2, -0.15) is 0 Å². The van der Waals surface area contributed by atoms with Crippen LogP contribution in [0.5, 0.6) is 0 Å². The Balaban J connectivity index is 2.68. The molecule has 2 heteroatoms. The van der Waals surface area contributed by atoms with E-state index in [1.54, 1.807) is 11.3 Å². The molecule has 1 nitrogen and oxygen atoms in total. The molecule has 1 heterocycles. The van der Waals surface area contributed by atoms with Crippen molar-refractivity contribution in [3.63, 3.8) is 0 Å². The van der Waals surface area contributed by atoms with Crippen LogP contribution in [0.2, 0.25) is 0 Å². The Morgan fingerprint density at radius 3 is 2.60 bits per heavy atom. The molecule has 0 aliphatic carbocycles. The van der Waals surface area contributed by atoms with Crippen molar-refractivity contribution in [3.8, 4) is 0 Å². The maximum Gasteiger partial charge on any atom is 0.0908 e. The van der Waals surface area contributed by atoms with Crippen LogP contribution in [0.3, 0.4) is 0 Å². The Morgan fingerprint density at radius 1 is 1.50 bits per heavy atom. The molecule has 0 aromatic carbocycles. The van der Waals surface area contributed by atoms with Gasteiger partial charge in [0.1, 0.15) is 0 Å². The zero-order valence-electron chi connectivity index (χ0n) is 6.66. The van der Waals surface area contributed by atoms with Gasteiger partial charge in [0.15, 0.2) is 0 Å². The van der Waals surface area contributed by atoms with Crippen LogP contribution < -0.4 is 4.90 Å². The van der Waals surface area contributed by atoms with Crippen LogP contribution in [0, 0.1) is 0 Å². The Bertz CT molecular complexity index is 179. The Kier molecular flexibility index (Phi) is 2.33. The van der Waals surface area contributed by atoms with Gasteiger partial charge in [-0.15, -0.1) is 11.3 Å². The van der Waals surface area contributed by atoms with Gasteiger partial charge in [0.05, 0.1) is 5.00 Å². The Labute approximate surface area is 66.3 Å². The van der Waals surface area contributed by atoms with Crippen molar-refractivity contribution in [1.29, 1.82) is 0 Å². The van der Waals surface area contributed by atoms with Gasteiger partial charge >= 0.3 is 0 Å². The van der Waals surface area contributed by atoms with Crippen molar-refractivity contribution in [3.05, 3.63) is 17.5 Å². The molecule has 56 valence electrons. The summed E-state index contributed by atoms with van der Waals surface area (Å²) in [6, 6.07) is 4.82. The summed E-state index contributed by atoms with van der Waals surface area (Å²) < 4.78 is 0. The van der Waals surface area contributed by atoms with Crippen molar-refractivity contribution < 1.29 is 0 Å². The molecule has 10 heavy (non-hydrogen) atoms. The lowest BCUT2D eigenvalue weighted by molar-refractivity contribution is 0.761. The first-order valence-electron chi connectivity index (χ1n) is 3.48. The topological polar surface area (TPSA) is 3.24 Å². The SMILES string of the molecule is CC(C)N(C)c1cccs1. The molecule has 0 N–H and O–H groups in total. The minimum atomic E-state index is 0.596. The minimum Gasteiger partial charge on any atom is -0.364 e. The first kappa shape index (κ1) is 7.61. The molecule has 1 aromatic heterocycles. The number of rotatable bonds is 2. The second-order valence-electron chi connectivity index (χ2n) is 2.66. The van der Waals surface area contributed by atoms with E-state index in [0.29, 0.717) is 6.04 Å².